The number of rotatable bonds is 6. The highest BCUT2D eigenvalue weighted by atomic mass is 15.1. The molecule has 6 aromatic rings. The van der Waals surface area contributed by atoms with Crippen molar-refractivity contribution in [2.24, 2.45) is 0 Å². The molecule has 0 spiro atoms. The van der Waals surface area contributed by atoms with Gasteiger partial charge in [0.05, 0.1) is 0 Å². The van der Waals surface area contributed by atoms with Gasteiger partial charge in [-0.3, -0.25) is 0 Å². The van der Waals surface area contributed by atoms with Crippen molar-refractivity contribution < 1.29 is 0 Å². The van der Waals surface area contributed by atoms with Crippen LogP contribution in [0.25, 0.3) is 27.1 Å². The van der Waals surface area contributed by atoms with Gasteiger partial charge in [0.25, 0.3) is 0 Å². The monoisotopic (exact) mass is 540 g/mol. The van der Waals surface area contributed by atoms with Crippen LogP contribution >= 0.6 is 0 Å². The van der Waals surface area contributed by atoms with Crippen LogP contribution in [-0.2, 0) is 0 Å². The summed E-state index contributed by atoms with van der Waals surface area (Å²) in [7, 11) is 2.13. The molecule has 0 fully saturated rings. The van der Waals surface area contributed by atoms with Crippen LogP contribution in [-0.4, -0.2) is 7.05 Å². The smallest absolute Gasteiger partial charge is 0.0467 e. The summed E-state index contributed by atoms with van der Waals surface area (Å²) >= 11 is 0. The summed E-state index contributed by atoms with van der Waals surface area (Å²) in [4.78, 5) is 4.61. The molecular formula is C40H32N2. The van der Waals surface area contributed by atoms with Gasteiger partial charge in [0.1, 0.15) is 0 Å². The first-order valence-electron chi connectivity index (χ1n) is 14.5. The second-order valence-corrected chi connectivity index (χ2v) is 10.7. The SMILES string of the molecule is CN(c1ccc(N(C2=CCC=C(c3ccccc3)C=C2)c2ccc3ccccc3c2)cc1)c1ccc2ccccc2c1. The molecule has 6 aromatic carbocycles. The molecule has 0 atom stereocenters. The van der Waals surface area contributed by atoms with Crippen molar-refractivity contribution in [3.05, 3.63) is 175 Å². The van der Waals surface area contributed by atoms with Gasteiger partial charge < -0.3 is 9.80 Å². The Morgan fingerprint density at radius 1 is 0.452 bits per heavy atom. The Bertz CT molecular complexity index is 1960. The van der Waals surface area contributed by atoms with Crippen molar-refractivity contribution in [1.29, 1.82) is 0 Å². The van der Waals surface area contributed by atoms with Crippen molar-refractivity contribution >= 4 is 49.9 Å². The molecule has 202 valence electrons. The van der Waals surface area contributed by atoms with Gasteiger partial charge in [-0.25, -0.2) is 0 Å². The molecule has 0 amide bonds. The van der Waals surface area contributed by atoms with E-state index in [2.05, 4.69) is 181 Å². The van der Waals surface area contributed by atoms with Crippen LogP contribution in [0.2, 0.25) is 0 Å². The van der Waals surface area contributed by atoms with Crippen LogP contribution in [0.3, 0.4) is 0 Å². The molecule has 0 N–H and O–H groups in total. The Balaban J connectivity index is 1.25. The molecule has 7 rings (SSSR count). The minimum Gasteiger partial charge on any atom is -0.345 e. The summed E-state index contributed by atoms with van der Waals surface area (Å²) in [5, 5.41) is 4.98. The molecule has 0 unspecified atom stereocenters. The largest absolute Gasteiger partial charge is 0.345 e. The van der Waals surface area contributed by atoms with Crippen molar-refractivity contribution in [1.82, 2.24) is 0 Å². The van der Waals surface area contributed by atoms with Gasteiger partial charge >= 0.3 is 0 Å². The number of benzene rings is 6. The third-order valence-electron chi connectivity index (χ3n) is 8.07. The van der Waals surface area contributed by atoms with Crippen LogP contribution in [0.15, 0.2) is 170 Å². The van der Waals surface area contributed by atoms with Crippen molar-refractivity contribution in [3.63, 3.8) is 0 Å². The van der Waals surface area contributed by atoms with E-state index in [1.165, 1.54) is 38.4 Å². The van der Waals surface area contributed by atoms with E-state index >= 15 is 0 Å². The molecule has 0 heterocycles. The van der Waals surface area contributed by atoms with E-state index in [9.17, 15) is 0 Å². The molecule has 1 aliphatic rings. The molecule has 2 heteroatoms. The molecule has 0 saturated carbocycles. The number of anilines is 4. The Hall–Kier alpha value is -5.34. The second kappa shape index (κ2) is 11.3. The second-order valence-electron chi connectivity index (χ2n) is 10.7. The third kappa shape index (κ3) is 5.11. The van der Waals surface area contributed by atoms with Crippen molar-refractivity contribution in [2.45, 2.75) is 6.42 Å². The van der Waals surface area contributed by atoms with Gasteiger partial charge in [-0.15, -0.1) is 0 Å². The topological polar surface area (TPSA) is 6.48 Å². The average molecular weight is 541 g/mol. The molecule has 0 aliphatic heterocycles. The highest BCUT2D eigenvalue weighted by Crippen LogP contribution is 2.36. The fourth-order valence-corrected chi connectivity index (χ4v) is 5.75. The first-order valence-corrected chi connectivity index (χ1v) is 14.5. The van der Waals surface area contributed by atoms with E-state index in [1.807, 2.05) is 0 Å². The first kappa shape index (κ1) is 25.6. The fourth-order valence-electron chi connectivity index (χ4n) is 5.75. The van der Waals surface area contributed by atoms with Gasteiger partial charge in [0, 0.05) is 35.5 Å². The molecule has 0 saturated heterocycles. The lowest BCUT2D eigenvalue weighted by atomic mass is 10.1. The highest BCUT2D eigenvalue weighted by molar-refractivity contribution is 5.89. The Morgan fingerprint density at radius 2 is 1.00 bits per heavy atom. The standard InChI is InChI=1S/C40H32N2/c1-41(39-22-19-32-12-5-7-14-34(32)28-39)36-24-26-38(27-25-36)42(40-23-20-33-13-6-8-15-35(33)29-40)37-17-9-16-31(18-21-37)30-10-3-2-4-11-30/h2-8,10-29H,9H2,1H3. The molecule has 0 radical (unpaired) electrons. The van der Waals surface area contributed by atoms with Crippen molar-refractivity contribution in [3.8, 4) is 0 Å². The van der Waals surface area contributed by atoms with E-state index in [0.717, 1.165) is 29.2 Å². The Labute approximate surface area is 247 Å². The lowest BCUT2D eigenvalue weighted by molar-refractivity contribution is 1.17. The zero-order valence-corrected chi connectivity index (χ0v) is 23.7. The third-order valence-corrected chi connectivity index (χ3v) is 8.07. The molecule has 1 aliphatic carbocycles. The van der Waals surface area contributed by atoms with Crippen molar-refractivity contribution in [2.75, 3.05) is 16.8 Å². The van der Waals surface area contributed by atoms with E-state index in [-0.39, 0.29) is 0 Å². The predicted molar refractivity (Wildman–Crippen MR) is 181 cm³/mol. The lowest BCUT2D eigenvalue weighted by Gasteiger charge is -2.28. The van der Waals surface area contributed by atoms with E-state index in [4.69, 9.17) is 0 Å². The quantitative estimate of drug-likeness (QED) is 0.207. The molecule has 2 nitrogen and oxygen atoms in total. The zero-order valence-electron chi connectivity index (χ0n) is 23.7. The summed E-state index contributed by atoms with van der Waals surface area (Å²) in [6.45, 7) is 0. The number of hydrogen-bond acceptors (Lipinski definition) is 2. The number of fused-ring (bicyclic) bond motifs is 2. The van der Waals surface area contributed by atoms with Crippen LogP contribution in [0.1, 0.15) is 12.0 Å². The summed E-state index contributed by atoms with van der Waals surface area (Å²) < 4.78 is 0. The maximum atomic E-state index is 2.37. The Morgan fingerprint density at radius 3 is 1.69 bits per heavy atom. The molecule has 0 bridgehead atoms. The minimum atomic E-state index is 0.861. The van der Waals surface area contributed by atoms with Crippen LogP contribution in [0.4, 0.5) is 22.7 Å². The maximum absolute atomic E-state index is 2.37. The normalized spacial score (nSPS) is 13.0. The van der Waals surface area contributed by atoms with Crippen LogP contribution in [0.5, 0.6) is 0 Å². The molecule has 0 aromatic heterocycles. The zero-order chi connectivity index (χ0) is 28.3. The van der Waals surface area contributed by atoms with Crippen LogP contribution < -0.4 is 9.80 Å². The summed E-state index contributed by atoms with van der Waals surface area (Å²) in [6, 6.07) is 49.9. The summed E-state index contributed by atoms with van der Waals surface area (Å²) in [5.41, 5.74) is 8.22. The summed E-state index contributed by atoms with van der Waals surface area (Å²) in [6.07, 6.45) is 9.97. The van der Waals surface area contributed by atoms with Gasteiger partial charge in [-0.05, 0) is 93.7 Å². The van der Waals surface area contributed by atoms with Gasteiger partial charge in [-0.2, -0.15) is 0 Å². The lowest BCUT2D eigenvalue weighted by Crippen LogP contribution is -2.16. The van der Waals surface area contributed by atoms with Crippen LogP contribution in [0, 0.1) is 0 Å². The van der Waals surface area contributed by atoms with Gasteiger partial charge in [0.15, 0.2) is 0 Å². The Kier molecular flexibility index (Phi) is 6.87. The average Bonchev–Trinajstić information content (AvgIpc) is 3.31. The first-order chi connectivity index (χ1) is 20.7. The number of hydrogen-bond donors (Lipinski definition) is 0. The number of nitrogens with zero attached hydrogens (tertiary/aromatic N) is 2. The fraction of sp³-hybridized carbons (Fsp3) is 0.0500. The van der Waals surface area contributed by atoms with Gasteiger partial charge in [-0.1, -0.05) is 109 Å². The maximum Gasteiger partial charge on any atom is 0.0467 e. The molecule has 42 heavy (non-hydrogen) atoms. The number of allylic oxidation sites excluding steroid dienone is 5. The minimum absolute atomic E-state index is 0.861. The highest BCUT2D eigenvalue weighted by Gasteiger charge is 2.16. The van der Waals surface area contributed by atoms with E-state index < -0.39 is 0 Å². The van der Waals surface area contributed by atoms with E-state index in [0.29, 0.717) is 0 Å². The summed E-state index contributed by atoms with van der Waals surface area (Å²) in [5.74, 6) is 0. The van der Waals surface area contributed by atoms with E-state index in [1.54, 1.807) is 0 Å². The van der Waals surface area contributed by atoms with Gasteiger partial charge in [0.2, 0.25) is 0 Å². The predicted octanol–water partition coefficient (Wildman–Crippen LogP) is 10.8. The molecular weight excluding hydrogens is 508 g/mol.